The van der Waals surface area contributed by atoms with Crippen LogP contribution in [-0.2, 0) is 0 Å². The van der Waals surface area contributed by atoms with Crippen LogP contribution in [-0.4, -0.2) is 11.7 Å². The molecule has 0 amide bonds. The topological polar surface area (TPSA) is 46.2 Å². The molecule has 2 unspecified atom stereocenters. The number of nitrogens with two attached hydrogens (primary N) is 1. The van der Waals surface area contributed by atoms with Crippen molar-refractivity contribution in [2.75, 3.05) is 6.54 Å². The number of benzene rings is 1. The van der Waals surface area contributed by atoms with Crippen molar-refractivity contribution in [2.24, 2.45) is 5.73 Å². The fourth-order valence-corrected chi connectivity index (χ4v) is 3.47. The second-order valence-corrected chi connectivity index (χ2v) is 6.40. The molecule has 0 saturated heterocycles. The van der Waals surface area contributed by atoms with Crippen LogP contribution in [0.4, 0.5) is 4.39 Å². The number of hydrogen-bond donors (Lipinski definition) is 2. The van der Waals surface area contributed by atoms with Gasteiger partial charge in [0.05, 0.1) is 10.4 Å². The highest BCUT2D eigenvalue weighted by atomic mass is 35.5. The molecule has 0 aliphatic rings. The van der Waals surface area contributed by atoms with Crippen molar-refractivity contribution in [3.05, 3.63) is 55.9 Å². The van der Waals surface area contributed by atoms with E-state index < -0.39 is 6.10 Å². The molecule has 0 aliphatic heterocycles. The normalized spacial score (nSPS) is 14.4. The summed E-state index contributed by atoms with van der Waals surface area (Å²) in [5.41, 5.74) is 7.02. The lowest BCUT2D eigenvalue weighted by Gasteiger charge is -2.21. The van der Waals surface area contributed by atoms with E-state index in [1.807, 2.05) is 0 Å². The van der Waals surface area contributed by atoms with Gasteiger partial charge in [-0.25, -0.2) is 4.39 Å². The lowest BCUT2D eigenvalue weighted by Crippen LogP contribution is -2.20. The average Bonchev–Trinajstić information content (AvgIpc) is 2.71. The lowest BCUT2D eigenvalue weighted by atomic mass is 9.90. The Kier molecular flexibility index (Phi) is 4.81. The number of halogens is 3. The Labute approximate surface area is 124 Å². The summed E-state index contributed by atoms with van der Waals surface area (Å²) >= 11 is 13.1. The lowest BCUT2D eigenvalue weighted by molar-refractivity contribution is 0.148. The molecule has 0 spiro atoms. The molecule has 6 heteroatoms. The molecule has 0 bridgehead atoms. The minimum atomic E-state index is -0.869. The summed E-state index contributed by atoms with van der Waals surface area (Å²) in [6.45, 7) is 0.219. The van der Waals surface area contributed by atoms with Crippen LogP contribution in [0.2, 0.25) is 8.67 Å². The van der Waals surface area contributed by atoms with Crippen LogP contribution >= 0.6 is 34.5 Å². The summed E-state index contributed by atoms with van der Waals surface area (Å²) in [6, 6.07) is 7.53. The van der Waals surface area contributed by atoms with Gasteiger partial charge in [0.15, 0.2) is 0 Å². The first-order chi connectivity index (χ1) is 9.02. The Morgan fingerprint density at radius 3 is 2.37 bits per heavy atom. The van der Waals surface area contributed by atoms with Crippen LogP contribution in [0.1, 0.15) is 23.1 Å². The van der Waals surface area contributed by atoms with Crippen LogP contribution < -0.4 is 5.73 Å². The zero-order valence-corrected chi connectivity index (χ0v) is 12.1. The largest absolute Gasteiger partial charge is 0.388 e. The second kappa shape index (κ2) is 6.20. The monoisotopic (exact) mass is 319 g/mol. The SMILES string of the molecule is NCC(c1ccc(F)cc1)C(O)c1cc(Cl)sc1Cl. The van der Waals surface area contributed by atoms with E-state index >= 15 is 0 Å². The van der Waals surface area contributed by atoms with E-state index in [9.17, 15) is 9.50 Å². The minimum absolute atomic E-state index is 0.219. The molecule has 2 aromatic rings. The van der Waals surface area contributed by atoms with Crippen molar-refractivity contribution in [3.8, 4) is 0 Å². The smallest absolute Gasteiger partial charge is 0.123 e. The molecule has 1 aromatic carbocycles. The third-order valence-corrected chi connectivity index (χ3v) is 4.45. The minimum Gasteiger partial charge on any atom is -0.388 e. The van der Waals surface area contributed by atoms with Crippen LogP contribution in [0, 0.1) is 5.82 Å². The molecular weight excluding hydrogens is 308 g/mol. The maximum Gasteiger partial charge on any atom is 0.123 e. The van der Waals surface area contributed by atoms with E-state index in [0.29, 0.717) is 14.2 Å². The predicted octanol–water partition coefficient (Wildman–Crippen LogP) is 3.97. The molecule has 2 nitrogen and oxygen atoms in total. The Morgan fingerprint density at radius 1 is 1.26 bits per heavy atom. The summed E-state index contributed by atoms with van der Waals surface area (Å²) in [7, 11) is 0. The van der Waals surface area contributed by atoms with Gasteiger partial charge in [0.1, 0.15) is 10.2 Å². The van der Waals surface area contributed by atoms with Gasteiger partial charge in [-0.1, -0.05) is 35.3 Å². The second-order valence-electron chi connectivity index (χ2n) is 4.12. The number of aliphatic hydroxyl groups excluding tert-OH is 1. The molecule has 0 saturated carbocycles. The van der Waals surface area contributed by atoms with Gasteiger partial charge in [0.25, 0.3) is 0 Å². The first-order valence-electron chi connectivity index (χ1n) is 5.61. The molecule has 2 atom stereocenters. The number of rotatable bonds is 4. The van der Waals surface area contributed by atoms with Gasteiger partial charge in [0.2, 0.25) is 0 Å². The Morgan fingerprint density at radius 2 is 1.89 bits per heavy atom. The highest BCUT2D eigenvalue weighted by Gasteiger charge is 2.25. The van der Waals surface area contributed by atoms with E-state index in [2.05, 4.69) is 0 Å². The van der Waals surface area contributed by atoms with E-state index in [1.165, 1.54) is 23.5 Å². The van der Waals surface area contributed by atoms with E-state index in [1.54, 1.807) is 18.2 Å². The molecule has 0 fully saturated rings. The fraction of sp³-hybridized carbons (Fsp3) is 0.231. The first-order valence-corrected chi connectivity index (χ1v) is 7.18. The number of aliphatic hydroxyl groups is 1. The zero-order valence-electron chi connectivity index (χ0n) is 9.82. The number of hydrogen-bond acceptors (Lipinski definition) is 3. The molecule has 1 aromatic heterocycles. The van der Waals surface area contributed by atoms with Crippen molar-refractivity contribution in [1.29, 1.82) is 0 Å². The van der Waals surface area contributed by atoms with Crippen LogP contribution in [0.5, 0.6) is 0 Å². The molecule has 0 radical (unpaired) electrons. The highest BCUT2D eigenvalue weighted by Crippen LogP contribution is 2.40. The summed E-state index contributed by atoms with van der Waals surface area (Å²) in [5, 5.41) is 10.4. The Bertz CT molecular complexity index is 558. The fourth-order valence-electron chi connectivity index (χ4n) is 1.93. The molecule has 0 aliphatic carbocycles. The molecule has 2 rings (SSSR count). The quantitative estimate of drug-likeness (QED) is 0.895. The van der Waals surface area contributed by atoms with Crippen molar-refractivity contribution in [1.82, 2.24) is 0 Å². The van der Waals surface area contributed by atoms with E-state index in [-0.39, 0.29) is 18.3 Å². The molecular formula is C13H12Cl2FNOS. The molecule has 102 valence electrons. The van der Waals surface area contributed by atoms with Gasteiger partial charge in [-0.05, 0) is 23.8 Å². The van der Waals surface area contributed by atoms with Gasteiger partial charge in [0, 0.05) is 18.0 Å². The molecule has 3 N–H and O–H groups in total. The van der Waals surface area contributed by atoms with Crippen molar-refractivity contribution < 1.29 is 9.50 Å². The zero-order chi connectivity index (χ0) is 14.0. The van der Waals surface area contributed by atoms with Crippen LogP contribution in [0.15, 0.2) is 30.3 Å². The average molecular weight is 320 g/mol. The van der Waals surface area contributed by atoms with E-state index in [4.69, 9.17) is 28.9 Å². The summed E-state index contributed by atoms with van der Waals surface area (Å²) in [4.78, 5) is 0. The van der Waals surface area contributed by atoms with Gasteiger partial charge in [-0.3, -0.25) is 0 Å². The maximum absolute atomic E-state index is 12.9. The standard InChI is InChI=1S/C13H12Cl2FNOS/c14-11-5-9(13(15)19-11)12(18)10(6-17)7-1-3-8(16)4-2-7/h1-5,10,12,18H,6,17H2. The maximum atomic E-state index is 12.9. The summed E-state index contributed by atoms with van der Waals surface area (Å²) in [6.07, 6.45) is -0.869. The van der Waals surface area contributed by atoms with Crippen LogP contribution in [0.3, 0.4) is 0 Å². The molecule has 1 heterocycles. The van der Waals surface area contributed by atoms with E-state index in [0.717, 1.165) is 5.56 Å². The number of thiophene rings is 1. The highest BCUT2D eigenvalue weighted by molar-refractivity contribution is 7.20. The predicted molar refractivity (Wildman–Crippen MR) is 77.5 cm³/mol. The van der Waals surface area contributed by atoms with Crippen LogP contribution in [0.25, 0.3) is 0 Å². The summed E-state index contributed by atoms with van der Waals surface area (Å²) in [5.74, 6) is -0.686. The van der Waals surface area contributed by atoms with Gasteiger partial charge < -0.3 is 10.8 Å². The molecule has 19 heavy (non-hydrogen) atoms. The summed E-state index contributed by atoms with van der Waals surface area (Å²) < 4.78 is 13.9. The van der Waals surface area contributed by atoms with Crippen molar-refractivity contribution in [3.63, 3.8) is 0 Å². The first kappa shape index (κ1) is 14.8. The van der Waals surface area contributed by atoms with Crippen molar-refractivity contribution >= 4 is 34.5 Å². The van der Waals surface area contributed by atoms with Gasteiger partial charge >= 0.3 is 0 Å². The van der Waals surface area contributed by atoms with Gasteiger partial charge in [-0.2, -0.15) is 0 Å². The van der Waals surface area contributed by atoms with Gasteiger partial charge in [-0.15, -0.1) is 11.3 Å². The Balaban J connectivity index is 2.31. The third kappa shape index (κ3) is 3.27. The third-order valence-electron chi connectivity index (χ3n) is 2.93. The van der Waals surface area contributed by atoms with Crippen molar-refractivity contribution in [2.45, 2.75) is 12.0 Å². The Hall–Kier alpha value is -0.650.